The highest BCUT2D eigenvalue weighted by atomic mass is 32.2. The number of para-hydroxylation sites is 2. The van der Waals surface area contributed by atoms with Gasteiger partial charge in [0.2, 0.25) is 11.0 Å². The summed E-state index contributed by atoms with van der Waals surface area (Å²) in [7, 11) is 0. The lowest BCUT2D eigenvalue weighted by Crippen LogP contribution is -2.05. The number of fused-ring (bicyclic) bond motifs is 2. The first-order chi connectivity index (χ1) is 7.90. The fourth-order valence-corrected chi connectivity index (χ4v) is 2.89. The number of pyridine rings is 1. The molecule has 0 atom stereocenters. The third-order valence-corrected chi connectivity index (χ3v) is 3.66. The summed E-state index contributed by atoms with van der Waals surface area (Å²) in [5.74, 6) is 0. The summed E-state index contributed by atoms with van der Waals surface area (Å²) in [5, 5.41) is 2.60. The molecule has 1 aromatic heterocycles. The topological polar surface area (TPSA) is 14.1 Å². The Morgan fingerprint density at radius 2 is 1.31 bits per heavy atom. The van der Waals surface area contributed by atoms with Crippen LogP contribution in [0.3, 0.4) is 0 Å². The Kier molecular flexibility index (Phi) is 2.29. The molecule has 0 aliphatic carbocycles. The molecule has 0 unspecified atom stereocenters. The summed E-state index contributed by atoms with van der Waals surface area (Å²) in [6.07, 6.45) is 2.13. The number of aromatic amines is 1. The Labute approximate surface area is 98.5 Å². The van der Waals surface area contributed by atoms with Gasteiger partial charge in [0.05, 0.1) is 10.8 Å². The maximum atomic E-state index is 3.47. The van der Waals surface area contributed by atoms with Gasteiger partial charge in [-0.3, -0.25) is 0 Å². The highest BCUT2D eigenvalue weighted by Gasteiger charge is 2.11. The van der Waals surface area contributed by atoms with Crippen LogP contribution in [0.15, 0.2) is 53.4 Å². The zero-order valence-electron chi connectivity index (χ0n) is 9.03. The summed E-state index contributed by atoms with van der Waals surface area (Å²) < 4.78 is 0. The van der Waals surface area contributed by atoms with Gasteiger partial charge in [0.1, 0.15) is 0 Å². The molecule has 0 bridgehead atoms. The van der Waals surface area contributed by atoms with Crippen LogP contribution >= 0.6 is 11.8 Å². The van der Waals surface area contributed by atoms with Gasteiger partial charge in [-0.1, -0.05) is 24.3 Å². The SMILES string of the molecule is CSc1c2ccccc2[nH+]c2ccccc12. The predicted molar refractivity (Wildman–Crippen MR) is 69.8 cm³/mol. The van der Waals surface area contributed by atoms with Crippen LogP contribution in [0.4, 0.5) is 0 Å². The van der Waals surface area contributed by atoms with E-state index in [0.717, 1.165) is 0 Å². The van der Waals surface area contributed by atoms with Gasteiger partial charge >= 0.3 is 0 Å². The van der Waals surface area contributed by atoms with Crippen molar-refractivity contribution in [3.05, 3.63) is 48.5 Å². The van der Waals surface area contributed by atoms with E-state index in [9.17, 15) is 0 Å². The summed E-state index contributed by atoms with van der Waals surface area (Å²) in [6.45, 7) is 0. The Morgan fingerprint density at radius 3 is 1.81 bits per heavy atom. The van der Waals surface area contributed by atoms with Gasteiger partial charge in [0, 0.05) is 17.0 Å². The average molecular weight is 226 g/mol. The van der Waals surface area contributed by atoms with Crippen molar-refractivity contribution in [3.63, 3.8) is 0 Å². The van der Waals surface area contributed by atoms with Crippen molar-refractivity contribution in [3.8, 4) is 0 Å². The van der Waals surface area contributed by atoms with Crippen LogP contribution < -0.4 is 4.98 Å². The van der Waals surface area contributed by atoms with Crippen molar-refractivity contribution >= 4 is 33.6 Å². The van der Waals surface area contributed by atoms with E-state index < -0.39 is 0 Å². The van der Waals surface area contributed by atoms with E-state index in [1.165, 1.54) is 26.7 Å². The lowest BCUT2D eigenvalue weighted by atomic mass is 10.1. The predicted octanol–water partition coefficient (Wildman–Crippen LogP) is 3.53. The van der Waals surface area contributed by atoms with Crippen molar-refractivity contribution in [2.75, 3.05) is 6.26 Å². The molecule has 0 radical (unpaired) electrons. The van der Waals surface area contributed by atoms with Crippen LogP contribution in [0.5, 0.6) is 0 Å². The second-order valence-corrected chi connectivity index (χ2v) is 4.57. The standard InChI is InChI=1S/C14H11NS/c1-16-14-10-6-2-4-8-12(10)15-13-9-5-3-7-11(13)14/h2-9H,1H3/p+1. The van der Waals surface area contributed by atoms with E-state index in [1.807, 2.05) is 11.8 Å². The molecule has 2 aromatic carbocycles. The van der Waals surface area contributed by atoms with E-state index in [4.69, 9.17) is 0 Å². The Hall–Kier alpha value is -1.54. The fraction of sp³-hybridized carbons (Fsp3) is 0.0714. The van der Waals surface area contributed by atoms with Crippen molar-refractivity contribution < 1.29 is 4.98 Å². The molecule has 2 heteroatoms. The Bertz CT molecular complexity index is 607. The fourth-order valence-electron chi connectivity index (χ4n) is 2.09. The van der Waals surface area contributed by atoms with Crippen LogP contribution in [-0.2, 0) is 0 Å². The smallest absolute Gasteiger partial charge is 0.204 e. The molecule has 3 rings (SSSR count). The van der Waals surface area contributed by atoms with Crippen LogP contribution in [-0.4, -0.2) is 6.26 Å². The Morgan fingerprint density at radius 1 is 0.812 bits per heavy atom. The van der Waals surface area contributed by atoms with Gasteiger partial charge in [-0.2, -0.15) is 0 Å². The number of rotatable bonds is 1. The van der Waals surface area contributed by atoms with Gasteiger partial charge in [-0.05, 0) is 18.4 Å². The largest absolute Gasteiger partial charge is 0.212 e. The number of nitrogens with one attached hydrogen (secondary N) is 1. The first kappa shape index (κ1) is 9.67. The average Bonchev–Trinajstić information content (AvgIpc) is 2.36. The third-order valence-electron chi connectivity index (χ3n) is 2.82. The van der Waals surface area contributed by atoms with Gasteiger partial charge in [-0.15, -0.1) is 11.8 Å². The minimum absolute atomic E-state index is 1.20. The molecule has 16 heavy (non-hydrogen) atoms. The van der Waals surface area contributed by atoms with Crippen molar-refractivity contribution in [1.29, 1.82) is 0 Å². The molecule has 78 valence electrons. The molecule has 1 nitrogen and oxygen atoms in total. The maximum Gasteiger partial charge on any atom is 0.212 e. The number of thioether (sulfide) groups is 1. The number of aromatic nitrogens is 1. The molecule has 0 aliphatic heterocycles. The van der Waals surface area contributed by atoms with E-state index in [-0.39, 0.29) is 0 Å². The number of hydrogen-bond acceptors (Lipinski definition) is 1. The van der Waals surface area contributed by atoms with Gasteiger partial charge < -0.3 is 0 Å². The molecule has 0 aliphatic rings. The molecule has 0 saturated carbocycles. The van der Waals surface area contributed by atoms with Gasteiger partial charge in [0.15, 0.2) is 0 Å². The zero-order valence-corrected chi connectivity index (χ0v) is 9.84. The lowest BCUT2D eigenvalue weighted by molar-refractivity contribution is -0.310. The van der Waals surface area contributed by atoms with E-state index in [2.05, 4.69) is 59.8 Å². The minimum Gasteiger partial charge on any atom is -0.204 e. The highest BCUT2D eigenvalue weighted by Crippen LogP contribution is 2.30. The normalized spacial score (nSPS) is 11.1. The van der Waals surface area contributed by atoms with Crippen molar-refractivity contribution in [1.82, 2.24) is 0 Å². The number of benzene rings is 2. The molecule has 0 amide bonds. The maximum absolute atomic E-state index is 3.47. The monoisotopic (exact) mass is 226 g/mol. The van der Waals surface area contributed by atoms with E-state index in [0.29, 0.717) is 0 Å². The molecule has 0 spiro atoms. The Balaban J connectivity index is 2.56. The second kappa shape index (κ2) is 3.80. The summed E-state index contributed by atoms with van der Waals surface area (Å²) in [5.41, 5.74) is 2.40. The molecule has 1 heterocycles. The summed E-state index contributed by atoms with van der Waals surface area (Å²) in [6, 6.07) is 16.9. The van der Waals surface area contributed by atoms with Crippen LogP contribution in [0.2, 0.25) is 0 Å². The second-order valence-electron chi connectivity index (χ2n) is 3.75. The molecule has 1 N–H and O–H groups in total. The van der Waals surface area contributed by atoms with Gasteiger partial charge in [0.25, 0.3) is 0 Å². The quantitative estimate of drug-likeness (QED) is 0.457. The van der Waals surface area contributed by atoms with Crippen LogP contribution in [0, 0.1) is 0 Å². The molecule has 3 aromatic rings. The minimum atomic E-state index is 1.20. The van der Waals surface area contributed by atoms with Crippen LogP contribution in [0.1, 0.15) is 0 Å². The lowest BCUT2D eigenvalue weighted by Gasteiger charge is -2.03. The first-order valence-corrected chi connectivity index (χ1v) is 6.49. The van der Waals surface area contributed by atoms with Crippen LogP contribution in [0.25, 0.3) is 21.8 Å². The molecule has 0 fully saturated rings. The molecular formula is C14H12NS+. The zero-order chi connectivity index (χ0) is 11.0. The van der Waals surface area contributed by atoms with E-state index in [1.54, 1.807) is 0 Å². The third kappa shape index (κ3) is 1.38. The summed E-state index contributed by atoms with van der Waals surface area (Å²) >= 11 is 1.81. The molecule has 0 saturated heterocycles. The molecular weight excluding hydrogens is 214 g/mol. The van der Waals surface area contributed by atoms with Crippen molar-refractivity contribution in [2.45, 2.75) is 4.90 Å². The summed E-state index contributed by atoms with van der Waals surface area (Å²) in [4.78, 5) is 4.82. The van der Waals surface area contributed by atoms with E-state index >= 15 is 0 Å². The number of H-pyrrole nitrogens is 1. The first-order valence-electron chi connectivity index (χ1n) is 5.27. The van der Waals surface area contributed by atoms with Crippen molar-refractivity contribution in [2.24, 2.45) is 0 Å². The number of hydrogen-bond donors (Lipinski definition) is 0. The highest BCUT2D eigenvalue weighted by molar-refractivity contribution is 7.99. The van der Waals surface area contributed by atoms with Gasteiger partial charge in [-0.25, -0.2) is 4.98 Å².